The maximum atomic E-state index is 12.8. The fourth-order valence-electron chi connectivity index (χ4n) is 3.48. The summed E-state index contributed by atoms with van der Waals surface area (Å²) in [5, 5.41) is 9.52. The topological polar surface area (TPSA) is 73.4 Å². The number of fused-ring (bicyclic) bond motifs is 1. The number of hydrogen-bond acceptors (Lipinski definition) is 4. The fraction of sp³-hybridized carbons (Fsp3) is 0.444. The second kappa shape index (κ2) is 7.09. The monoisotopic (exact) mass is 348 g/mol. The minimum absolute atomic E-state index is 0.000127. The largest absolute Gasteiger partial charge is 0.396 e. The first kappa shape index (κ1) is 17.2. The summed E-state index contributed by atoms with van der Waals surface area (Å²) in [6, 6.07) is 5.67. The molecule has 0 amide bonds. The molecule has 1 atom stereocenters. The minimum atomic E-state index is -3.34. The molecular formula is C18H24N2O3S. The molecule has 0 spiro atoms. The van der Waals surface area contributed by atoms with Crippen LogP contribution in [0.15, 0.2) is 37.1 Å². The van der Waals surface area contributed by atoms with E-state index in [-0.39, 0.29) is 12.4 Å². The molecule has 1 aromatic carbocycles. The fourth-order valence-corrected chi connectivity index (χ4v) is 5.25. The van der Waals surface area contributed by atoms with E-state index in [1.807, 2.05) is 29.3 Å². The zero-order valence-electron chi connectivity index (χ0n) is 13.7. The molecule has 1 aromatic heterocycles. The van der Waals surface area contributed by atoms with Crippen LogP contribution in [0.5, 0.6) is 0 Å². The molecule has 1 aliphatic heterocycles. The molecule has 2 aromatic rings. The van der Waals surface area contributed by atoms with E-state index in [0.29, 0.717) is 6.42 Å². The molecule has 0 saturated carbocycles. The van der Waals surface area contributed by atoms with E-state index in [0.717, 1.165) is 48.0 Å². The molecule has 1 saturated heterocycles. The molecule has 130 valence electrons. The van der Waals surface area contributed by atoms with E-state index in [4.69, 9.17) is 5.11 Å². The van der Waals surface area contributed by atoms with E-state index in [2.05, 4.69) is 11.6 Å². The van der Waals surface area contributed by atoms with Gasteiger partial charge in [-0.1, -0.05) is 12.1 Å². The van der Waals surface area contributed by atoms with E-state index in [9.17, 15) is 8.42 Å². The van der Waals surface area contributed by atoms with Crippen molar-refractivity contribution in [3.63, 3.8) is 0 Å². The van der Waals surface area contributed by atoms with Crippen LogP contribution >= 0.6 is 0 Å². The molecule has 0 aliphatic carbocycles. The number of aromatic nitrogens is 1. The molecule has 1 unspecified atom stereocenters. The Morgan fingerprint density at radius 1 is 1.33 bits per heavy atom. The molecule has 2 N–H and O–H groups in total. The number of H-pyrrole nitrogens is 1. The number of aliphatic hydroxyl groups is 1. The Hall–Kier alpha value is -1.63. The Bertz CT molecular complexity index is 820. The molecule has 24 heavy (non-hydrogen) atoms. The third kappa shape index (κ3) is 3.41. The molecule has 0 bridgehead atoms. The lowest BCUT2D eigenvalue weighted by Crippen LogP contribution is -2.38. The van der Waals surface area contributed by atoms with Crippen molar-refractivity contribution < 1.29 is 13.5 Å². The summed E-state index contributed by atoms with van der Waals surface area (Å²) < 4.78 is 25.7. The van der Waals surface area contributed by atoms with E-state index in [1.54, 1.807) is 6.08 Å². The SMILES string of the molecule is C=CC(N1CCCC1)S(=O)(=O)Cc1ccc2[nH]cc(CCO)c2c1. The first-order valence-electron chi connectivity index (χ1n) is 8.33. The van der Waals surface area contributed by atoms with Crippen LogP contribution in [-0.4, -0.2) is 48.5 Å². The average molecular weight is 348 g/mol. The molecule has 6 heteroatoms. The van der Waals surface area contributed by atoms with E-state index in [1.165, 1.54) is 0 Å². The van der Waals surface area contributed by atoms with Gasteiger partial charge in [-0.05, 0) is 55.6 Å². The van der Waals surface area contributed by atoms with Crippen molar-refractivity contribution in [2.24, 2.45) is 0 Å². The lowest BCUT2D eigenvalue weighted by molar-refractivity contribution is 0.300. The second-order valence-corrected chi connectivity index (χ2v) is 8.44. The standard InChI is InChI=1S/C18H24N2O3S/c1-2-18(20-8-3-4-9-20)24(22,23)13-14-5-6-17-16(11-14)15(7-10-21)12-19-17/h2,5-6,11-12,18-19,21H,1,3-4,7-10,13H2. The molecule has 0 radical (unpaired) electrons. The highest BCUT2D eigenvalue weighted by molar-refractivity contribution is 7.91. The van der Waals surface area contributed by atoms with Gasteiger partial charge in [-0.25, -0.2) is 8.42 Å². The van der Waals surface area contributed by atoms with Gasteiger partial charge in [0.05, 0.1) is 5.75 Å². The summed E-state index contributed by atoms with van der Waals surface area (Å²) in [7, 11) is -3.34. The Kier molecular flexibility index (Phi) is 5.08. The van der Waals surface area contributed by atoms with Gasteiger partial charge in [-0.2, -0.15) is 0 Å². The van der Waals surface area contributed by atoms with E-state index < -0.39 is 15.2 Å². The van der Waals surface area contributed by atoms with Crippen LogP contribution in [0.2, 0.25) is 0 Å². The van der Waals surface area contributed by atoms with Crippen LogP contribution in [-0.2, 0) is 22.0 Å². The average Bonchev–Trinajstić information content (AvgIpc) is 3.18. The van der Waals surface area contributed by atoms with Crippen molar-refractivity contribution in [3.8, 4) is 0 Å². The number of rotatable bonds is 7. The normalized spacial score (nSPS) is 17.4. The summed E-state index contributed by atoms with van der Waals surface area (Å²) >= 11 is 0. The maximum Gasteiger partial charge on any atom is 0.174 e. The van der Waals surface area contributed by atoms with Gasteiger partial charge in [0.1, 0.15) is 5.37 Å². The summed E-state index contributed by atoms with van der Waals surface area (Å²) in [6.45, 7) is 5.44. The van der Waals surface area contributed by atoms with Gasteiger partial charge < -0.3 is 10.1 Å². The predicted molar refractivity (Wildman–Crippen MR) is 96.5 cm³/mol. The number of aliphatic hydroxyl groups excluding tert-OH is 1. The predicted octanol–water partition coefficient (Wildman–Crippen LogP) is 2.23. The number of hydrogen-bond donors (Lipinski definition) is 2. The lowest BCUT2D eigenvalue weighted by Gasteiger charge is -2.24. The summed E-state index contributed by atoms with van der Waals surface area (Å²) in [5.74, 6) is -0.000127. The van der Waals surface area contributed by atoms with Crippen molar-refractivity contribution in [2.45, 2.75) is 30.4 Å². The number of sulfone groups is 1. The Morgan fingerprint density at radius 3 is 2.75 bits per heavy atom. The highest BCUT2D eigenvalue weighted by Crippen LogP contribution is 2.24. The zero-order valence-corrected chi connectivity index (χ0v) is 14.6. The summed E-state index contributed by atoms with van der Waals surface area (Å²) in [5.41, 5.74) is 2.73. The molecule has 1 aliphatic rings. The number of likely N-dealkylation sites (tertiary alicyclic amines) is 1. The molecular weight excluding hydrogens is 324 g/mol. The van der Waals surface area contributed by atoms with Crippen LogP contribution < -0.4 is 0 Å². The summed E-state index contributed by atoms with van der Waals surface area (Å²) in [6.07, 6.45) is 6.06. The second-order valence-electron chi connectivity index (χ2n) is 6.34. The van der Waals surface area contributed by atoms with Crippen LogP contribution in [0.3, 0.4) is 0 Å². The number of nitrogens with one attached hydrogen (secondary N) is 1. The zero-order chi connectivity index (χ0) is 17.2. The highest BCUT2D eigenvalue weighted by Gasteiger charge is 2.30. The Labute approximate surface area is 142 Å². The van der Waals surface area contributed by atoms with Crippen LogP contribution in [0.25, 0.3) is 10.9 Å². The first-order valence-corrected chi connectivity index (χ1v) is 10.0. The van der Waals surface area contributed by atoms with Crippen LogP contribution in [0.4, 0.5) is 0 Å². The van der Waals surface area contributed by atoms with Gasteiger partial charge in [0.15, 0.2) is 9.84 Å². The van der Waals surface area contributed by atoms with Gasteiger partial charge >= 0.3 is 0 Å². The van der Waals surface area contributed by atoms with Gasteiger partial charge in [0.2, 0.25) is 0 Å². The molecule has 2 heterocycles. The minimum Gasteiger partial charge on any atom is -0.396 e. The highest BCUT2D eigenvalue weighted by atomic mass is 32.2. The first-order chi connectivity index (χ1) is 11.5. The smallest absolute Gasteiger partial charge is 0.174 e. The molecule has 5 nitrogen and oxygen atoms in total. The molecule has 1 fully saturated rings. The van der Waals surface area contributed by atoms with Crippen LogP contribution in [0.1, 0.15) is 24.0 Å². The Morgan fingerprint density at radius 2 is 2.08 bits per heavy atom. The number of nitrogens with zero attached hydrogens (tertiary/aromatic N) is 1. The van der Waals surface area contributed by atoms with Crippen molar-refractivity contribution >= 4 is 20.7 Å². The van der Waals surface area contributed by atoms with Crippen LogP contribution in [0, 0.1) is 0 Å². The quantitative estimate of drug-likeness (QED) is 0.753. The molecule has 3 rings (SSSR count). The lowest BCUT2D eigenvalue weighted by atomic mass is 10.1. The van der Waals surface area contributed by atoms with Gasteiger partial charge in [-0.3, -0.25) is 4.90 Å². The van der Waals surface area contributed by atoms with Crippen molar-refractivity contribution in [3.05, 3.63) is 48.2 Å². The summed E-state index contributed by atoms with van der Waals surface area (Å²) in [4.78, 5) is 5.15. The third-order valence-corrected chi connectivity index (χ3v) is 6.61. The maximum absolute atomic E-state index is 12.8. The van der Waals surface area contributed by atoms with Crippen molar-refractivity contribution in [2.75, 3.05) is 19.7 Å². The van der Waals surface area contributed by atoms with Gasteiger partial charge in [-0.15, -0.1) is 6.58 Å². The van der Waals surface area contributed by atoms with Gasteiger partial charge in [0, 0.05) is 23.7 Å². The van der Waals surface area contributed by atoms with Crippen molar-refractivity contribution in [1.29, 1.82) is 0 Å². The van der Waals surface area contributed by atoms with Gasteiger partial charge in [0.25, 0.3) is 0 Å². The number of aromatic amines is 1. The van der Waals surface area contributed by atoms with Crippen molar-refractivity contribution in [1.82, 2.24) is 9.88 Å². The third-order valence-electron chi connectivity index (χ3n) is 4.65. The van der Waals surface area contributed by atoms with E-state index >= 15 is 0 Å². The Balaban J connectivity index is 1.87. The number of benzene rings is 1.